The van der Waals surface area contributed by atoms with Gasteiger partial charge in [-0.05, 0) is 19.3 Å². The molecule has 1 atom stereocenters. The molecule has 3 heteroatoms. The van der Waals surface area contributed by atoms with Crippen molar-refractivity contribution in [1.82, 2.24) is 0 Å². The zero-order chi connectivity index (χ0) is 10.8. The minimum atomic E-state index is -0.197. The zero-order valence-electron chi connectivity index (χ0n) is 9.09. The number of hydrogen-bond donors (Lipinski definition) is 0. The van der Waals surface area contributed by atoms with Gasteiger partial charge in [0.15, 0.2) is 0 Å². The molecule has 1 aliphatic carbocycles. The third-order valence-electron chi connectivity index (χ3n) is 3.42. The van der Waals surface area contributed by atoms with Crippen LogP contribution in [0.4, 0.5) is 0 Å². The summed E-state index contributed by atoms with van der Waals surface area (Å²) in [5.41, 5.74) is 0.756. The Balaban J connectivity index is 2.07. The molecule has 0 bridgehead atoms. The van der Waals surface area contributed by atoms with Gasteiger partial charge in [0.2, 0.25) is 0 Å². The average Bonchev–Trinajstić information content (AvgIpc) is 2.26. The molecule has 0 aromatic rings. The van der Waals surface area contributed by atoms with Crippen molar-refractivity contribution < 1.29 is 9.53 Å². The van der Waals surface area contributed by atoms with Crippen LogP contribution in [0.3, 0.4) is 0 Å². The van der Waals surface area contributed by atoms with Crippen molar-refractivity contribution in [3.8, 4) is 0 Å². The third-order valence-corrected chi connectivity index (χ3v) is 3.89. The number of halogens is 1. The standard InChI is InChI=1S/C12H17ClO2/c1-2-9(13)10-11(15-12(10)14)8-6-4-3-5-7-8/h8,11H,2-7H2,1H3/b10-9-. The molecule has 1 aliphatic heterocycles. The summed E-state index contributed by atoms with van der Waals surface area (Å²) in [7, 11) is 0. The summed E-state index contributed by atoms with van der Waals surface area (Å²) >= 11 is 6.05. The number of cyclic esters (lactones) is 1. The van der Waals surface area contributed by atoms with Crippen LogP contribution in [-0.2, 0) is 9.53 Å². The maximum Gasteiger partial charge on any atom is 0.339 e. The normalized spacial score (nSPS) is 30.8. The van der Waals surface area contributed by atoms with E-state index >= 15 is 0 Å². The summed E-state index contributed by atoms with van der Waals surface area (Å²) in [6.07, 6.45) is 6.92. The van der Waals surface area contributed by atoms with Crippen LogP contribution in [0, 0.1) is 5.92 Å². The van der Waals surface area contributed by atoms with Crippen molar-refractivity contribution in [3.05, 3.63) is 10.6 Å². The molecule has 0 radical (unpaired) electrons. The first-order valence-corrected chi connectivity index (χ1v) is 6.21. The number of ether oxygens (including phenoxy) is 1. The van der Waals surface area contributed by atoms with Crippen LogP contribution in [0.5, 0.6) is 0 Å². The van der Waals surface area contributed by atoms with Gasteiger partial charge in [0.25, 0.3) is 0 Å². The molecule has 1 saturated carbocycles. The summed E-state index contributed by atoms with van der Waals surface area (Å²) in [5.74, 6) is 0.323. The van der Waals surface area contributed by atoms with E-state index in [1.54, 1.807) is 0 Å². The number of allylic oxidation sites excluding steroid dienone is 1. The van der Waals surface area contributed by atoms with Crippen LogP contribution in [0.2, 0.25) is 0 Å². The molecule has 2 nitrogen and oxygen atoms in total. The lowest BCUT2D eigenvalue weighted by Gasteiger charge is -2.37. The van der Waals surface area contributed by atoms with Gasteiger partial charge in [-0.25, -0.2) is 4.79 Å². The van der Waals surface area contributed by atoms with Crippen molar-refractivity contribution in [2.45, 2.75) is 51.6 Å². The number of hydrogen-bond acceptors (Lipinski definition) is 2. The molecule has 2 fully saturated rings. The van der Waals surface area contributed by atoms with Crippen molar-refractivity contribution in [1.29, 1.82) is 0 Å². The second-order valence-corrected chi connectivity index (χ2v) is 4.85. The Labute approximate surface area is 95.6 Å². The average molecular weight is 229 g/mol. The molecule has 1 heterocycles. The van der Waals surface area contributed by atoms with Crippen LogP contribution < -0.4 is 0 Å². The Morgan fingerprint density at radius 2 is 2.07 bits per heavy atom. The molecule has 0 N–H and O–H groups in total. The predicted molar refractivity (Wildman–Crippen MR) is 59.6 cm³/mol. The molecule has 0 spiro atoms. The van der Waals surface area contributed by atoms with Gasteiger partial charge in [-0.1, -0.05) is 37.8 Å². The van der Waals surface area contributed by atoms with Crippen molar-refractivity contribution >= 4 is 17.6 Å². The minimum absolute atomic E-state index is 0.00486. The highest BCUT2D eigenvalue weighted by Gasteiger charge is 2.43. The quantitative estimate of drug-likeness (QED) is 0.535. The van der Waals surface area contributed by atoms with E-state index in [9.17, 15) is 4.79 Å². The summed E-state index contributed by atoms with van der Waals surface area (Å²) in [6, 6.07) is 0. The van der Waals surface area contributed by atoms with E-state index in [1.165, 1.54) is 32.1 Å². The van der Waals surface area contributed by atoms with Gasteiger partial charge in [0.1, 0.15) is 6.10 Å². The Hall–Kier alpha value is -0.500. The first kappa shape index (κ1) is 11.0. The highest BCUT2D eigenvalue weighted by molar-refractivity contribution is 6.32. The predicted octanol–water partition coefficient (Wildman–Crippen LogP) is 3.40. The van der Waals surface area contributed by atoms with Crippen LogP contribution in [0.25, 0.3) is 0 Å². The molecule has 0 aromatic carbocycles. The lowest BCUT2D eigenvalue weighted by Crippen LogP contribution is -2.43. The van der Waals surface area contributed by atoms with E-state index in [0.717, 1.165) is 12.0 Å². The van der Waals surface area contributed by atoms with Crippen LogP contribution in [0.15, 0.2) is 10.6 Å². The van der Waals surface area contributed by atoms with E-state index in [2.05, 4.69) is 0 Å². The van der Waals surface area contributed by atoms with Gasteiger partial charge in [0, 0.05) is 11.0 Å². The van der Waals surface area contributed by atoms with Gasteiger partial charge in [-0.2, -0.15) is 0 Å². The highest BCUT2D eigenvalue weighted by Crippen LogP contribution is 2.39. The lowest BCUT2D eigenvalue weighted by molar-refractivity contribution is -0.161. The van der Waals surface area contributed by atoms with Gasteiger partial charge in [0.05, 0.1) is 5.57 Å². The first-order chi connectivity index (χ1) is 7.24. The molecular formula is C12H17ClO2. The van der Waals surface area contributed by atoms with E-state index in [1.807, 2.05) is 6.92 Å². The van der Waals surface area contributed by atoms with Crippen molar-refractivity contribution in [3.63, 3.8) is 0 Å². The van der Waals surface area contributed by atoms with Gasteiger partial charge < -0.3 is 4.74 Å². The molecule has 15 heavy (non-hydrogen) atoms. The topological polar surface area (TPSA) is 26.3 Å². The number of carbonyl (C=O) groups is 1. The molecular weight excluding hydrogens is 212 g/mol. The maximum atomic E-state index is 11.3. The first-order valence-electron chi connectivity index (χ1n) is 5.83. The Bertz CT molecular complexity index is 290. The molecule has 1 unspecified atom stereocenters. The Morgan fingerprint density at radius 3 is 2.60 bits per heavy atom. The zero-order valence-corrected chi connectivity index (χ0v) is 9.85. The largest absolute Gasteiger partial charge is 0.453 e. The third kappa shape index (κ3) is 2.05. The van der Waals surface area contributed by atoms with Gasteiger partial charge >= 0.3 is 5.97 Å². The summed E-state index contributed by atoms with van der Waals surface area (Å²) in [5, 5.41) is 0.696. The van der Waals surface area contributed by atoms with E-state index < -0.39 is 0 Å². The summed E-state index contributed by atoms with van der Waals surface area (Å²) in [4.78, 5) is 11.3. The van der Waals surface area contributed by atoms with E-state index in [0.29, 0.717) is 11.0 Å². The molecule has 1 saturated heterocycles. The fraction of sp³-hybridized carbons (Fsp3) is 0.750. The molecule has 0 amide bonds. The van der Waals surface area contributed by atoms with Crippen molar-refractivity contribution in [2.24, 2.45) is 5.92 Å². The summed E-state index contributed by atoms with van der Waals surface area (Å²) in [6.45, 7) is 1.97. The van der Waals surface area contributed by atoms with Crippen LogP contribution in [-0.4, -0.2) is 12.1 Å². The minimum Gasteiger partial charge on any atom is -0.453 e. The second-order valence-electron chi connectivity index (χ2n) is 4.40. The van der Waals surface area contributed by atoms with Gasteiger partial charge in [-0.15, -0.1) is 0 Å². The molecule has 0 aromatic heterocycles. The number of esters is 1. The molecule has 84 valence electrons. The number of carbonyl (C=O) groups excluding carboxylic acids is 1. The molecule has 2 rings (SSSR count). The monoisotopic (exact) mass is 228 g/mol. The van der Waals surface area contributed by atoms with E-state index in [-0.39, 0.29) is 12.1 Å². The molecule has 2 aliphatic rings. The maximum absolute atomic E-state index is 11.3. The van der Waals surface area contributed by atoms with Crippen LogP contribution >= 0.6 is 11.6 Å². The smallest absolute Gasteiger partial charge is 0.339 e. The fourth-order valence-corrected chi connectivity index (χ4v) is 2.70. The SMILES string of the molecule is CC/C(Cl)=C1/C(=O)OC1C1CCCCC1. The van der Waals surface area contributed by atoms with Gasteiger partial charge in [-0.3, -0.25) is 0 Å². The Kier molecular flexibility index (Phi) is 3.35. The highest BCUT2D eigenvalue weighted by atomic mass is 35.5. The summed E-state index contributed by atoms with van der Waals surface area (Å²) < 4.78 is 5.23. The van der Waals surface area contributed by atoms with Crippen LogP contribution in [0.1, 0.15) is 45.4 Å². The fourth-order valence-electron chi connectivity index (χ4n) is 2.52. The second kappa shape index (κ2) is 4.56. The van der Waals surface area contributed by atoms with Crippen molar-refractivity contribution in [2.75, 3.05) is 0 Å². The van der Waals surface area contributed by atoms with E-state index in [4.69, 9.17) is 16.3 Å². The lowest BCUT2D eigenvalue weighted by atomic mass is 9.80. The Morgan fingerprint density at radius 1 is 1.40 bits per heavy atom. The number of rotatable bonds is 2.